The van der Waals surface area contributed by atoms with E-state index in [0.717, 1.165) is 66.4 Å². The Morgan fingerprint density at radius 1 is 0.311 bits per heavy atom. The van der Waals surface area contributed by atoms with Gasteiger partial charge in [0.25, 0.3) is 0 Å². The van der Waals surface area contributed by atoms with Crippen LogP contribution in [-0.2, 0) is 23.7 Å². The Kier molecular flexibility index (Phi) is 13.4. The minimum atomic E-state index is -0.468. The van der Waals surface area contributed by atoms with Crippen LogP contribution >= 0.6 is 0 Å². The second-order valence-corrected chi connectivity index (χ2v) is 20.7. The van der Waals surface area contributed by atoms with Crippen molar-refractivity contribution < 1.29 is 19.7 Å². The van der Waals surface area contributed by atoms with Crippen molar-refractivity contribution in [2.75, 3.05) is 26.4 Å². The maximum atomic E-state index is 10.2. The molecule has 0 aliphatic heterocycles. The summed E-state index contributed by atoms with van der Waals surface area (Å²) in [4.78, 5) is 0. The highest BCUT2D eigenvalue weighted by Gasteiger charge is 2.32. The summed E-state index contributed by atoms with van der Waals surface area (Å²) in [6.45, 7) is 9.53. The molecule has 0 saturated carbocycles. The molecule has 11 rings (SSSR count). The van der Waals surface area contributed by atoms with Crippen molar-refractivity contribution in [2.45, 2.75) is 51.4 Å². The molecule has 0 atom stereocenters. The smallest absolute Gasteiger partial charge is 0.130 e. The molecule has 2 N–H and O–H groups in total. The Balaban J connectivity index is 1.08. The zero-order valence-corrected chi connectivity index (χ0v) is 42.7. The maximum Gasteiger partial charge on any atom is 0.130 e. The van der Waals surface area contributed by atoms with Crippen molar-refractivity contribution in [3.05, 3.63) is 263 Å². The summed E-state index contributed by atoms with van der Waals surface area (Å²) in [5.74, 6) is 1.59. The summed E-state index contributed by atoms with van der Waals surface area (Å²) in [5.41, 5.74) is 12.6. The molecule has 11 aromatic carbocycles. The van der Waals surface area contributed by atoms with Gasteiger partial charge in [-0.3, -0.25) is 0 Å². The van der Waals surface area contributed by atoms with Gasteiger partial charge in [-0.1, -0.05) is 234 Å². The lowest BCUT2D eigenvalue weighted by Gasteiger charge is -2.33. The summed E-state index contributed by atoms with van der Waals surface area (Å²) in [6, 6.07) is 78.9. The molecule has 0 spiro atoms. The first-order chi connectivity index (χ1) is 36.1. The van der Waals surface area contributed by atoms with Crippen LogP contribution < -0.4 is 9.47 Å². The minimum Gasteiger partial charge on any atom is -0.490 e. The van der Waals surface area contributed by atoms with Crippen molar-refractivity contribution in [1.82, 2.24) is 0 Å². The zero-order valence-electron chi connectivity index (χ0n) is 42.7. The third-order valence-corrected chi connectivity index (χ3v) is 15.4. The van der Waals surface area contributed by atoms with Crippen LogP contribution in [0.2, 0.25) is 0 Å². The summed E-state index contributed by atoms with van der Waals surface area (Å²) in [5, 5.41) is 29.9. The van der Waals surface area contributed by atoms with Crippen molar-refractivity contribution in [1.29, 1.82) is 0 Å². The van der Waals surface area contributed by atoms with Gasteiger partial charge < -0.3 is 19.7 Å². The molecule has 74 heavy (non-hydrogen) atoms. The predicted molar refractivity (Wildman–Crippen MR) is 308 cm³/mol. The van der Waals surface area contributed by atoms with Crippen molar-refractivity contribution >= 4 is 43.1 Å². The van der Waals surface area contributed by atoms with Gasteiger partial charge in [-0.15, -0.1) is 0 Å². The van der Waals surface area contributed by atoms with Crippen LogP contribution in [0.25, 0.3) is 65.3 Å². The number of ether oxygens (including phenoxy) is 2. The average Bonchev–Trinajstić information content (AvgIpc) is 3.44. The topological polar surface area (TPSA) is 58.9 Å². The quantitative estimate of drug-likeness (QED) is 0.101. The summed E-state index contributed by atoms with van der Waals surface area (Å²) < 4.78 is 13.4. The summed E-state index contributed by atoms with van der Waals surface area (Å²) in [7, 11) is 0. The van der Waals surface area contributed by atoms with Gasteiger partial charge >= 0.3 is 0 Å². The van der Waals surface area contributed by atoms with Crippen LogP contribution in [0.4, 0.5) is 0 Å². The van der Waals surface area contributed by atoms with Crippen molar-refractivity contribution in [3.8, 4) is 33.8 Å². The number of rotatable bonds is 16. The minimum absolute atomic E-state index is 0.0923. The first-order valence-corrected chi connectivity index (χ1v) is 25.9. The molecule has 0 fully saturated rings. The first kappa shape index (κ1) is 48.3. The Bertz CT molecular complexity index is 3580. The second kappa shape index (κ2) is 20.5. The Morgan fingerprint density at radius 2 is 0.649 bits per heavy atom. The molecule has 0 aliphatic carbocycles. The van der Waals surface area contributed by atoms with E-state index < -0.39 is 10.8 Å². The molecule has 4 heteroatoms. The maximum absolute atomic E-state index is 10.2. The van der Waals surface area contributed by atoms with Gasteiger partial charge in [0.1, 0.15) is 24.7 Å². The molecule has 0 aromatic heterocycles. The van der Waals surface area contributed by atoms with E-state index in [-0.39, 0.29) is 26.4 Å². The van der Waals surface area contributed by atoms with Gasteiger partial charge in [0.15, 0.2) is 0 Å². The van der Waals surface area contributed by atoms with Crippen LogP contribution in [-0.4, -0.2) is 36.6 Å². The standard InChI is InChI=1S/C70H62O4/c1-69(2,57-42-53(40-51-26-13-22-47-18-5-9-30-59(47)51)67(73-38-36-71)65(45-57)63-34-15-24-49-20-7-11-32-61(49)63)55-28-17-29-56(44-55)70(3,4)58-43-54(41-52-27-14-23-48-19-6-10-31-60(48)52)68(74-39-37-72)66(46-58)64-35-16-25-50-21-8-12-33-62(50)64/h5-35,42-46,71-72H,36-41H2,1-4H3. The van der Waals surface area contributed by atoms with Crippen molar-refractivity contribution in [2.24, 2.45) is 0 Å². The van der Waals surface area contributed by atoms with Crippen LogP contribution in [0.1, 0.15) is 72.2 Å². The molecule has 366 valence electrons. The Labute approximate surface area is 435 Å². The van der Waals surface area contributed by atoms with Gasteiger partial charge in [0, 0.05) is 34.8 Å². The van der Waals surface area contributed by atoms with E-state index in [9.17, 15) is 10.2 Å². The second-order valence-electron chi connectivity index (χ2n) is 20.7. The van der Waals surface area contributed by atoms with Gasteiger partial charge in [-0.25, -0.2) is 0 Å². The zero-order chi connectivity index (χ0) is 50.8. The van der Waals surface area contributed by atoms with E-state index in [4.69, 9.17) is 9.47 Å². The predicted octanol–water partition coefficient (Wildman–Crippen LogP) is 16.2. The molecular formula is C70H62O4. The highest BCUT2D eigenvalue weighted by molar-refractivity contribution is 6.00. The summed E-state index contributed by atoms with van der Waals surface area (Å²) >= 11 is 0. The van der Waals surface area contributed by atoms with Gasteiger partial charge in [-0.05, 0) is 111 Å². The fourth-order valence-corrected chi connectivity index (χ4v) is 11.3. The van der Waals surface area contributed by atoms with E-state index >= 15 is 0 Å². The molecule has 11 aromatic rings. The fourth-order valence-electron chi connectivity index (χ4n) is 11.3. The number of benzene rings is 11. The first-order valence-electron chi connectivity index (χ1n) is 25.9. The molecule has 0 amide bonds. The molecule has 4 nitrogen and oxygen atoms in total. The number of aliphatic hydroxyl groups excluding tert-OH is 2. The van der Waals surface area contributed by atoms with E-state index in [1.54, 1.807) is 0 Å². The van der Waals surface area contributed by atoms with Gasteiger partial charge in [0.2, 0.25) is 0 Å². The van der Waals surface area contributed by atoms with Crippen LogP contribution in [0, 0.1) is 0 Å². The van der Waals surface area contributed by atoms with Crippen molar-refractivity contribution in [3.63, 3.8) is 0 Å². The largest absolute Gasteiger partial charge is 0.490 e. The average molecular weight is 967 g/mol. The molecular weight excluding hydrogens is 905 g/mol. The van der Waals surface area contributed by atoms with E-state index in [2.05, 4.69) is 246 Å². The van der Waals surface area contributed by atoms with Crippen LogP contribution in [0.3, 0.4) is 0 Å². The number of fused-ring (bicyclic) bond motifs is 4. The lowest BCUT2D eigenvalue weighted by atomic mass is 9.72. The van der Waals surface area contributed by atoms with Gasteiger partial charge in [0.05, 0.1) is 13.2 Å². The Morgan fingerprint density at radius 3 is 1.05 bits per heavy atom. The molecule has 0 bridgehead atoms. The van der Waals surface area contributed by atoms with E-state index in [0.29, 0.717) is 12.8 Å². The normalized spacial score (nSPS) is 12.0. The SMILES string of the molecule is CC(C)(c1cccc(C(C)(C)c2cc(Cc3cccc4ccccc34)c(OCCO)c(-c3cccc4ccccc34)c2)c1)c1cc(Cc2cccc3ccccc23)c(OCCO)c(-c2cccc3ccccc23)c1. The van der Waals surface area contributed by atoms with Crippen LogP contribution in [0.15, 0.2) is 218 Å². The number of hydrogen-bond donors (Lipinski definition) is 2. The highest BCUT2D eigenvalue weighted by Crippen LogP contribution is 2.47. The number of aliphatic hydroxyl groups is 2. The summed E-state index contributed by atoms with van der Waals surface area (Å²) in [6.07, 6.45) is 1.30. The molecule has 0 radical (unpaired) electrons. The number of hydrogen-bond acceptors (Lipinski definition) is 4. The monoisotopic (exact) mass is 966 g/mol. The van der Waals surface area contributed by atoms with E-state index in [1.165, 1.54) is 54.9 Å². The van der Waals surface area contributed by atoms with E-state index in [1.807, 2.05) is 0 Å². The molecule has 0 aliphatic rings. The molecule has 0 saturated heterocycles. The highest BCUT2D eigenvalue weighted by atomic mass is 16.5. The third kappa shape index (κ3) is 9.21. The molecule has 0 heterocycles. The Hall–Kier alpha value is -8.02. The lowest BCUT2D eigenvalue weighted by Crippen LogP contribution is -2.24. The third-order valence-electron chi connectivity index (χ3n) is 15.4. The van der Waals surface area contributed by atoms with Crippen LogP contribution in [0.5, 0.6) is 11.5 Å². The van der Waals surface area contributed by atoms with Gasteiger partial charge in [-0.2, -0.15) is 0 Å². The molecule has 0 unspecified atom stereocenters. The fraction of sp³-hybridized carbons (Fsp3) is 0.171. The lowest BCUT2D eigenvalue weighted by molar-refractivity contribution is 0.201.